The summed E-state index contributed by atoms with van der Waals surface area (Å²) in [5.41, 5.74) is 0.644. The summed E-state index contributed by atoms with van der Waals surface area (Å²) >= 11 is 5.70. The van der Waals surface area contributed by atoms with E-state index in [1.807, 2.05) is 0 Å². The first-order valence-electron chi connectivity index (χ1n) is 6.90. The highest BCUT2D eigenvalue weighted by atomic mass is 35.5. The van der Waals surface area contributed by atoms with Crippen molar-refractivity contribution in [2.75, 3.05) is 25.5 Å². The van der Waals surface area contributed by atoms with Crippen LogP contribution < -0.4 is 5.32 Å². The first-order chi connectivity index (χ1) is 9.65. The zero-order valence-electron chi connectivity index (χ0n) is 11.6. The highest BCUT2D eigenvalue weighted by Gasteiger charge is 2.16. The summed E-state index contributed by atoms with van der Waals surface area (Å²) in [5.74, 6) is 0. The lowest BCUT2D eigenvalue weighted by atomic mass is 10.1. The lowest BCUT2D eigenvalue weighted by Crippen LogP contribution is -2.32. The number of hydrogen-bond donors (Lipinski definition) is 1. The van der Waals surface area contributed by atoms with Gasteiger partial charge in [-0.25, -0.2) is 9.78 Å². The molecule has 1 aliphatic heterocycles. The number of nitrogens with zero attached hydrogens (tertiary/aromatic N) is 2. The van der Waals surface area contributed by atoms with Gasteiger partial charge in [-0.2, -0.15) is 0 Å². The van der Waals surface area contributed by atoms with Crippen LogP contribution in [0.3, 0.4) is 0 Å². The number of pyridine rings is 1. The second-order valence-corrected chi connectivity index (χ2v) is 5.39. The molecule has 0 saturated carbocycles. The average molecular weight is 298 g/mol. The number of nitrogens with one attached hydrogen (secondary N) is 1. The molecule has 0 unspecified atom stereocenters. The van der Waals surface area contributed by atoms with E-state index in [2.05, 4.69) is 10.3 Å². The minimum atomic E-state index is -0.138. The summed E-state index contributed by atoms with van der Waals surface area (Å²) in [7, 11) is 1.79. The Morgan fingerprint density at radius 2 is 2.45 bits per heavy atom. The molecule has 1 atom stereocenters. The van der Waals surface area contributed by atoms with E-state index in [0.29, 0.717) is 23.5 Å². The second kappa shape index (κ2) is 7.45. The Hall–Kier alpha value is -1.33. The summed E-state index contributed by atoms with van der Waals surface area (Å²) in [6.45, 7) is 1.59. The SMILES string of the molecule is CN(CCC[C@H]1CCCO1)C(=O)Nc1ccc(Cl)nc1. The van der Waals surface area contributed by atoms with Gasteiger partial charge in [0.25, 0.3) is 0 Å². The Kier molecular flexibility index (Phi) is 5.61. The van der Waals surface area contributed by atoms with E-state index in [1.54, 1.807) is 30.3 Å². The Bertz CT molecular complexity index is 433. The third-order valence-corrected chi connectivity index (χ3v) is 3.59. The van der Waals surface area contributed by atoms with Crippen LogP contribution in [0.1, 0.15) is 25.7 Å². The van der Waals surface area contributed by atoms with Crippen molar-refractivity contribution in [1.29, 1.82) is 0 Å². The zero-order valence-corrected chi connectivity index (χ0v) is 12.4. The second-order valence-electron chi connectivity index (χ2n) is 5.00. The van der Waals surface area contributed by atoms with Crippen molar-refractivity contribution in [3.8, 4) is 0 Å². The molecule has 0 spiro atoms. The first kappa shape index (κ1) is 15.1. The van der Waals surface area contributed by atoms with E-state index >= 15 is 0 Å². The number of urea groups is 1. The van der Waals surface area contributed by atoms with Gasteiger partial charge in [0.2, 0.25) is 0 Å². The quantitative estimate of drug-likeness (QED) is 0.849. The number of hydrogen-bond acceptors (Lipinski definition) is 3. The van der Waals surface area contributed by atoms with Gasteiger partial charge >= 0.3 is 6.03 Å². The van der Waals surface area contributed by atoms with Crippen molar-refractivity contribution < 1.29 is 9.53 Å². The molecule has 1 saturated heterocycles. The molecule has 2 heterocycles. The van der Waals surface area contributed by atoms with Gasteiger partial charge in [0.05, 0.1) is 18.0 Å². The van der Waals surface area contributed by atoms with Crippen LogP contribution in [-0.2, 0) is 4.74 Å². The average Bonchev–Trinajstić information content (AvgIpc) is 2.94. The number of aromatic nitrogens is 1. The van der Waals surface area contributed by atoms with Crippen LogP contribution in [0, 0.1) is 0 Å². The van der Waals surface area contributed by atoms with E-state index in [9.17, 15) is 4.79 Å². The molecule has 1 aromatic heterocycles. The van der Waals surface area contributed by atoms with Crippen LogP contribution in [0.25, 0.3) is 0 Å². The Morgan fingerprint density at radius 1 is 1.60 bits per heavy atom. The lowest BCUT2D eigenvalue weighted by Gasteiger charge is -2.18. The molecular weight excluding hydrogens is 278 g/mol. The third kappa shape index (κ3) is 4.65. The van der Waals surface area contributed by atoms with Crippen molar-refractivity contribution in [3.05, 3.63) is 23.5 Å². The van der Waals surface area contributed by atoms with E-state index in [-0.39, 0.29) is 6.03 Å². The number of ether oxygens (including phenoxy) is 1. The number of anilines is 1. The zero-order chi connectivity index (χ0) is 14.4. The van der Waals surface area contributed by atoms with Crippen molar-refractivity contribution in [1.82, 2.24) is 9.88 Å². The van der Waals surface area contributed by atoms with Gasteiger partial charge in [0.15, 0.2) is 0 Å². The summed E-state index contributed by atoms with van der Waals surface area (Å²) in [6, 6.07) is 3.24. The summed E-state index contributed by atoms with van der Waals surface area (Å²) in [5, 5.41) is 3.19. The normalized spacial score (nSPS) is 18.0. The predicted molar refractivity (Wildman–Crippen MR) is 79.1 cm³/mol. The van der Waals surface area contributed by atoms with E-state index in [1.165, 1.54) is 0 Å². The molecule has 20 heavy (non-hydrogen) atoms. The van der Waals surface area contributed by atoms with Crippen molar-refractivity contribution in [2.45, 2.75) is 31.8 Å². The van der Waals surface area contributed by atoms with Gasteiger partial charge in [-0.05, 0) is 37.8 Å². The highest BCUT2D eigenvalue weighted by molar-refractivity contribution is 6.29. The minimum absolute atomic E-state index is 0.138. The van der Waals surface area contributed by atoms with Crippen molar-refractivity contribution in [3.63, 3.8) is 0 Å². The topological polar surface area (TPSA) is 54.5 Å². The molecule has 1 aromatic rings. The number of amides is 2. The lowest BCUT2D eigenvalue weighted by molar-refractivity contribution is 0.101. The number of halogens is 1. The van der Waals surface area contributed by atoms with Crippen molar-refractivity contribution >= 4 is 23.3 Å². The number of carbonyl (C=O) groups is 1. The molecule has 0 aromatic carbocycles. The summed E-state index contributed by atoms with van der Waals surface area (Å²) < 4.78 is 5.56. The van der Waals surface area contributed by atoms with Gasteiger partial charge in [-0.15, -0.1) is 0 Å². The summed E-state index contributed by atoms with van der Waals surface area (Å²) in [4.78, 5) is 17.5. The molecular formula is C14H20ClN3O2. The fourth-order valence-corrected chi connectivity index (χ4v) is 2.31. The number of carbonyl (C=O) groups excluding carboxylic acids is 1. The largest absolute Gasteiger partial charge is 0.378 e. The van der Waals surface area contributed by atoms with Gasteiger partial charge in [-0.3, -0.25) is 0 Å². The standard InChI is InChI=1S/C14H20ClN3O2/c1-18(8-2-4-12-5-3-9-20-12)14(19)17-11-6-7-13(15)16-10-11/h6-7,10,12H,2-5,8-9H2,1H3,(H,17,19)/t12-/m0/s1. The number of rotatable bonds is 5. The molecule has 6 heteroatoms. The molecule has 2 rings (SSSR count). The predicted octanol–water partition coefficient (Wildman–Crippen LogP) is 3.16. The molecule has 0 radical (unpaired) electrons. The smallest absolute Gasteiger partial charge is 0.321 e. The summed E-state index contributed by atoms with van der Waals surface area (Å²) in [6.07, 6.45) is 6.19. The maximum atomic E-state index is 11.9. The third-order valence-electron chi connectivity index (χ3n) is 3.37. The molecule has 110 valence electrons. The van der Waals surface area contributed by atoms with E-state index in [0.717, 1.165) is 32.3 Å². The van der Waals surface area contributed by atoms with Crippen LogP contribution in [-0.4, -0.2) is 42.2 Å². The van der Waals surface area contributed by atoms with Crippen LogP contribution in [0.2, 0.25) is 5.15 Å². The molecule has 5 nitrogen and oxygen atoms in total. The highest BCUT2D eigenvalue weighted by Crippen LogP contribution is 2.17. The first-order valence-corrected chi connectivity index (χ1v) is 7.28. The fourth-order valence-electron chi connectivity index (χ4n) is 2.20. The van der Waals surface area contributed by atoms with Crippen LogP contribution >= 0.6 is 11.6 Å². The molecule has 0 bridgehead atoms. The Labute approximate surface area is 124 Å². The molecule has 0 aliphatic carbocycles. The maximum absolute atomic E-state index is 11.9. The van der Waals surface area contributed by atoms with Gasteiger partial charge in [-0.1, -0.05) is 11.6 Å². The maximum Gasteiger partial charge on any atom is 0.321 e. The van der Waals surface area contributed by atoms with Crippen LogP contribution in [0.15, 0.2) is 18.3 Å². The van der Waals surface area contributed by atoms with Crippen molar-refractivity contribution in [2.24, 2.45) is 0 Å². The Balaban J connectivity index is 1.69. The molecule has 1 fully saturated rings. The van der Waals surface area contributed by atoms with E-state index < -0.39 is 0 Å². The minimum Gasteiger partial charge on any atom is -0.378 e. The monoisotopic (exact) mass is 297 g/mol. The van der Waals surface area contributed by atoms with Crippen LogP contribution in [0.4, 0.5) is 10.5 Å². The van der Waals surface area contributed by atoms with E-state index in [4.69, 9.17) is 16.3 Å². The van der Waals surface area contributed by atoms with Crippen LogP contribution in [0.5, 0.6) is 0 Å². The van der Waals surface area contributed by atoms with Gasteiger partial charge < -0.3 is 15.0 Å². The van der Waals surface area contributed by atoms with Gasteiger partial charge in [0.1, 0.15) is 5.15 Å². The van der Waals surface area contributed by atoms with Gasteiger partial charge in [0, 0.05) is 20.2 Å². The fraction of sp³-hybridized carbons (Fsp3) is 0.571. The molecule has 2 amide bonds. The molecule has 1 aliphatic rings. The Morgan fingerprint density at radius 3 is 3.10 bits per heavy atom. The molecule has 1 N–H and O–H groups in total.